The van der Waals surface area contributed by atoms with Crippen LogP contribution < -0.4 is 4.74 Å². The van der Waals surface area contributed by atoms with E-state index in [1.165, 1.54) is 0 Å². The summed E-state index contributed by atoms with van der Waals surface area (Å²) in [5.41, 5.74) is 0.301. The van der Waals surface area contributed by atoms with E-state index in [0.29, 0.717) is 5.41 Å². The first-order chi connectivity index (χ1) is 8.15. The summed E-state index contributed by atoms with van der Waals surface area (Å²) >= 11 is 10.6. The molecule has 1 aromatic carbocycles. The van der Waals surface area contributed by atoms with Crippen molar-refractivity contribution in [3.05, 3.63) is 28.7 Å². The Labute approximate surface area is 129 Å². The number of rotatable bonds is 7. The highest BCUT2D eigenvalue weighted by atomic mass is 79.9. The molecule has 17 heavy (non-hydrogen) atoms. The minimum atomic E-state index is 0.301. The van der Waals surface area contributed by atoms with Crippen LogP contribution in [0.2, 0.25) is 0 Å². The van der Waals surface area contributed by atoms with Gasteiger partial charge in [0.15, 0.2) is 0 Å². The lowest BCUT2D eigenvalue weighted by Crippen LogP contribution is -2.26. The first-order valence-electron chi connectivity index (χ1n) is 5.66. The molecule has 0 heterocycles. The van der Waals surface area contributed by atoms with Crippen LogP contribution in [0.15, 0.2) is 28.7 Å². The zero-order valence-electron chi connectivity index (χ0n) is 9.89. The van der Waals surface area contributed by atoms with Crippen molar-refractivity contribution in [3.63, 3.8) is 0 Å². The van der Waals surface area contributed by atoms with Crippen molar-refractivity contribution in [1.29, 1.82) is 0 Å². The molecule has 0 unspecified atom stereocenters. The van der Waals surface area contributed by atoms with Crippen LogP contribution in [0.5, 0.6) is 5.75 Å². The van der Waals surface area contributed by atoms with E-state index in [1.54, 1.807) is 0 Å². The van der Waals surface area contributed by atoms with Crippen molar-refractivity contribution in [2.24, 2.45) is 5.41 Å². The molecule has 0 radical (unpaired) electrons. The molecule has 4 heteroatoms. The second-order valence-electron chi connectivity index (χ2n) is 4.17. The van der Waals surface area contributed by atoms with Gasteiger partial charge in [-0.1, -0.05) is 54.7 Å². The molecule has 96 valence electrons. The Hall–Kier alpha value is 0.460. The zero-order valence-corrected chi connectivity index (χ0v) is 14.6. The molecule has 1 rings (SSSR count). The summed E-state index contributed by atoms with van der Waals surface area (Å²) in [4.78, 5) is 0. The molecule has 0 N–H and O–H groups in total. The molecular weight excluding hydrogens is 412 g/mol. The first kappa shape index (κ1) is 15.5. The largest absolute Gasteiger partial charge is 0.494 e. The Bertz CT molecular complexity index is 312. The number of benzene rings is 1. The summed E-state index contributed by atoms with van der Waals surface area (Å²) in [6.45, 7) is 2.98. The number of hydrogen-bond acceptors (Lipinski definition) is 1. The van der Waals surface area contributed by atoms with Crippen molar-refractivity contribution in [3.8, 4) is 5.75 Å². The van der Waals surface area contributed by atoms with Crippen LogP contribution >= 0.6 is 47.8 Å². The van der Waals surface area contributed by atoms with E-state index in [9.17, 15) is 0 Å². The van der Waals surface area contributed by atoms with Crippen LogP contribution in [0, 0.1) is 5.41 Å². The maximum absolute atomic E-state index is 5.76. The van der Waals surface area contributed by atoms with E-state index in [-0.39, 0.29) is 0 Å². The molecule has 1 nitrogen and oxygen atoms in total. The van der Waals surface area contributed by atoms with Gasteiger partial charge >= 0.3 is 0 Å². The summed E-state index contributed by atoms with van der Waals surface area (Å²) in [6.07, 6.45) is 2.20. The fourth-order valence-electron chi connectivity index (χ4n) is 1.45. The number of hydrogen-bond donors (Lipinski definition) is 0. The van der Waals surface area contributed by atoms with Gasteiger partial charge in [0.2, 0.25) is 0 Å². The predicted molar refractivity (Wildman–Crippen MR) is 84.6 cm³/mol. The van der Waals surface area contributed by atoms with Gasteiger partial charge in [0.05, 0.1) is 6.61 Å². The van der Waals surface area contributed by atoms with Gasteiger partial charge in [-0.25, -0.2) is 0 Å². The van der Waals surface area contributed by atoms with E-state index in [4.69, 9.17) is 4.74 Å². The topological polar surface area (TPSA) is 9.23 Å². The molecule has 0 spiro atoms. The van der Waals surface area contributed by atoms with Crippen molar-refractivity contribution in [2.75, 3.05) is 17.3 Å². The summed E-state index contributed by atoms with van der Waals surface area (Å²) in [7, 11) is 0. The van der Waals surface area contributed by atoms with E-state index in [2.05, 4.69) is 54.7 Å². The molecule has 0 fully saturated rings. The lowest BCUT2D eigenvalue weighted by atomic mass is 9.87. The van der Waals surface area contributed by atoms with E-state index >= 15 is 0 Å². The second kappa shape index (κ2) is 7.80. The van der Waals surface area contributed by atoms with Gasteiger partial charge in [0.1, 0.15) is 5.75 Å². The Balaban J connectivity index is 2.43. The molecular formula is C13H17Br3O. The Morgan fingerprint density at radius 2 is 1.71 bits per heavy atom. The van der Waals surface area contributed by atoms with Crippen LogP contribution in [0.1, 0.15) is 19.8 Å². The molecule has 0 saturated heterocycles. The maximum Gasteiger partial charge on any atom is 0.119 e. The predicted octanol–water partition coefficient (Wildman–Crippen LogP) is 5.40. The Kier molecular flexibility index (Phi) is 7.12. The van der Waals surface area contributed by atoms with Gasteiger partial charge in [0, 0.05) is 15.1 Å². The normalized spacial score (nSPS) is 11.5. The Morgan fingerprint density at radius 1 is 1.12 bits per heavy atom. The molecule has 0 atom stereocenters. The summed E-state index contributed by atoms with van der Waals surface area (Å²) < 4.78 is 6.84. The number of alkyl halides is 2. The molecule has 0 aliphatic heterocycles. The minimum Gasteiger partial charge on any atom is -0.494 e. The van der Waals surface area contributed by atoms with E-state index in [1.807, 2.05) is 24.3 Å². The van der Waals surface area contributed by atoms with Crippen LogP contribution in [0.3, 0.4) is 0 Å². The van der Waals surface area contributed by atoms with Crippen molar-refractivity contribution in [2.45, 2.75) is 19.8 Å². The third-order valence-corrected chi connectivity index (χ3v) is 5.94. The summed E-state index contributed by atoms with van der Waals surface area (Å²) in [6, 6.07) is 7.97. The van der Waals surface area contributed by atoms with Crippen LogP contribution in [-0.4, -0.2) is 17.3 Å². The number of halogens is 3. The molecule has 0 aromatic heterocycles. The quantitative estimate of drug-likeness (QED) is 0.528. The Morgan fingerprint density at radius 3 is 2.18 bits per heavy atom. The first-order valence-corrected chi connectivity index (χ1v) is 8.69. The van der Waals surface area contributed by atoms with E-state index in [0.717, 1.165) is 40.3 Å². The fourth-order valence-corrected chi connectivity index (χ4v) is 4.00. The molecule has 0 bridgehead atoms. The molecule has 0 saturated carbocycles. The highest BCUT2D eigenvalue weighted by Gasteiger charge is 2.25. The second-order valence-corrected chi connectivity index (χ2v) is 6.21. The highest BCUT2D eigenvalue weighted by molar-refractivity contribution is 9.10. The van der Waals surface area contributed by atoms with Crippen molar-refractivity contribution < 1.29 is 4.74 Å². The molecule has 0 aliphatic carbocycles. The third kappa shape index (κ3) is 4.92. The molecule has 0 aliphatic rings. The van der Waals surface area contributed by atoms with Crippen molar-refractivity contribution >= 4 is 47.8 Å². The van der Waals surface area contributed by atoms with Crippen LogP contribution in [0.4, 0.5) is 0 Å². The lowest BCUT2D eigenvalue weighted by Gasteiger charge is -2.28. The molecule has 0 amide bonds. The SMILES string of the molecule is CCC(CBr)(CBr)CCOc1ccc(Br)cc1. The fraction of sp³-hybridized carbons (Fsp3) is 0.538. The average Bonchev–Trinajstić information content (AvgIpc) is 2.38. The van der Waals surface area contributed by atoms with E-state index < -0.39 is 0 Å². The van der Waals surface area contributed by atoms with Crippen LogP contribution in [0.25, 0.3) is 0 Å². The lowest BCUT2D eigenvalue weighted by molar-refractivity contribution is 0.232. The van der Waals surface area contributed by atoms with Gasteiger partial charge in [-0.15, -0.1) is 0 Å². The number of ether oxygens (including phenoxy) is 1. The molecule has 1 aromatic rings. The smallest absolute Gasteiger partial charge is 0.119 e. The van der Waals surface area contributed by atoms with Gasteiger partial charge in [-0.3, -0.25) is 0 Å². The highest BCUT2D eigenvalue weighted by Crippen LogP contribution is 2.31. The zero-order chi connectivity index (χ0) is 12.7. The summed E-state index contributed by atoms with van der Waals surface area (Å²) in [5, 5.41) is 2.01. The van der Waals surface area contributed by atoms with Crippen LogP contribution in [-0.2, 0) is 0 Å². The third-order valence-electron chi connectivity index (χ3n) is 3.03. The van der Waals surface area contributed by atoms with Gasteiger partial charge in [-0.2, -0.15) is 0 Å². The monoisotopic (exact) mass is 426 g/mol. The maximum atomic E-state index is 5.76. The van der Waals surface area contributed by atoms with Gasteiger partial charge < -0.3 is 4.74 Å². The standard InChI is InChI=1S/C13H17Br3O/c1-2-13(9-14,10-15)7-8-17-12-5-3-11(16)4-6-12/h3-6H,2,7-10H2,1H3. The van der Waals surface area contributed by atoms with Gasteiger partial charge in [-0.05, 0) is 42.5 Å². The summed E-state index contributed by atoms with van der Waals surface area (Å²) in [5.74, 6) is 0.933. The van der Waals surface area contributed by atoms with Crippen molar-refractivity contribution in [1.82, 2.24) is 0 Å². The minimum absolute atomic E-state index is 0.301. The average molecular weight is 429 g/mol. The van der Waals surface area contributed by atoms with Gasteiger partial charge in [0.25, 0.3) is 0 Å².